The summed E-state index contributed by atoms with van der Waals surface area (Å²) in [5, 5.41) is 2.49. The number of anilines is 1. The number of pyridine rings is 1. The summed E-state index contributed by atoms with van der Waals surface area (Å²) in [6.45, 7) is 12.3. The highest BCUT2D eigenvalue weighted by molar-refractivity contribution is 6.11. The van der Waals surface area contributed by atoms with Gasteiger partial charge in [0.1, 0.15) is 23.8 Å². The topological polar surface area (TPSA) is 168 Å². The number of nitrogens with one attached hydrogen (secondary N) is 1. The average molecular weight is 647 g/mol. The Labute approximate surface area is 269 Å². The third kappa shape index (κ3) is 9.07. The first-order valence-electron chi connectivity index (χ1n) is 15.2. The number of hydrogen-bond donors (Lipinski definition) is 1. The van der Waals surface area contributed by atoms with Crippen molar-refractivity contribution in [1.29, 1.82) is 0 Å². The Morgan fingerprint density at radius 3 is 2.04 bits per heavy atom. The molecule has 3 heterocycles. The lowest BCUT2D eigenvalue weighted by molar-refractivity contribution is -0.179. The minimum atomic E-state index is -2.20. The molecule has 0 radical (unpaired) electrons. The van der Waals surface area contributed by atoms with Crippen LogP contribution in [0.1, 0.15) is 54.9 Å². The summed E-state index contributed by atoms with van der Waals surface area (Å²) in [6.07, 6.45) is 1.98. The highest BCUT2D eigenvalue weighted by atomic mass is 16.6. The minimum absolute atomic E-state index is 0.111. The van der Waals surface area contributed by atoms with Gasteiger partial charge in [0.25, 0.3) is 5.91 Å². The van der Waals surface area contributed by atoms with E-state index in [-0.39, 0.29) is 13.1 Å². The van der Waals surface area contributed by atoms with Gasteiger partial charge in [-0.2, -0.15) is 0 Å². The van der Waals surface area contributed by atoms with Gasteiger partial charge >= 0.3 is 18.0 Å². The second-order valence-corrected chi connectivity index (χ2v) is 13.3. The van der Waals surface area contributed by atoms with E-state index in [1.807, 2.05) is 12.1 Å². The predicted molar refractivity (Wildman–Crippen MR) is 165 cm³/mol. The summed E-state index contributed by atoms with van der Waals surface area (Å²) in [6, 6.07) is 2.28. The van der Waals surface area contributed by atoms with Crippen molar-refractivity contribution in [3.05, 3.63) is 24.5 Å². The first-order chi connectivity index (χ1) is 21.4. The molecule has 0 unspecified atom stereocenters. The van der Waals surface area contributed by atoms with E-state index in [2.05, 4.69) is 15.2 Å². The van der Waals surface area contributed by atoms with Gasteiger partial charge in [0.15, 0.2) is 0 Å². The van der Waals surface area contributed by atoms with Gasteiger partial charge in [-0.05, 0) is 60.6 Å². The second kappa shape index (κ2) is 14.3. The van der Waals surface area contributed by atoms with Crippen molar-refractivity contribution >= 4 is 41.4 Å². The standard InChI is InChI=1S/C31H46N6O9/c1-29(2,3)45-24(39)20-36-17-18-37(31(7,26(36)41)27(42)44-8)25(40)22(33-28(43)46-30(4,5)6)19-23(38)35-15-13-34(14-16-35)21-9-11-32-12-10-21/h9-12,22H,13-20H2,1-8H3,(H,33,43)/t22-,31-/m0/s1. The van der Waals surface area contributed by atoms with Crippen LogP contribution >= 0.6 is 0 Å². The van der Waals surface area contributed by atoms with Crippen molar-refractivity contribution in [3.8, 4) is 0 Å². The van der Waals surface area contributed by atoms with Gasteiger partial charge in [-0.3, -0.25) is 24.2 Å². The zero-order valence-corrected chi connectivity index (χ0v) is 28.0. The molecule has 1 N–H and O–H groups in total. The summed E-state index contributed by atoms with van der Waals surface area (Å²) in [5.74, 6) is -3.85. The fourth-order valence-corrected chi connectivity index (χ4v) is 5.29. The Morgan fingerprint density at radius 2 is 1.50 bits per heavy atom. The Morgan fingerprint density at radius 1 is 0.913 bits per heavy atom. The van der Waals surface area contributed by atoms with Crippen LogP contribution in [0.2, 0.25) is 0 Å². The molecule has 0 bridgehead atoms. The number of aromatic nitrogens is 1. The van der Waals surface area contributed by atoms with Crippen molar-refractivity contribution < 1.29 is 43.0 Å². The van der Waals surface area contributed by atoms with Gasteiger partial charge in [-0.15, -0.1) is 0 Å². The van der Waals surface area contributed by atoms with Crippen LogP contribution in [-0.2, 0) is 38.2 Å². The maximum Gasteiger partial charge on any atom is 0.408 e. The number of ether oxygens (including phenoxy) is 3. The summed E-state index contributed by atoms with van der Waals surface area (Å²) in [4.78, 5) is 89.8. The van der Waals surface area contributed by atoms with E-state index < -0.39 is 71.5 Å². The van der Waals surface area contributed by atoms with Crippen LogP contribution in [-0.4, -0.2) is 131 Å². The zero-order chi connectivity index (χ0) is 34.4. The normalized spacial score (nSPS) is 19.7. The van der Waals surface area contributed by atoms with Gasteiger partial charge in [-0.1, -0.05) is 0 Å². The van der Waals surface area contributed by atoms with Crippen LogP contribution in [0.5, 0.6) is 0 Å². The highest BCUT2D eigenvalue weighted by Crippen LogP contribution is 2.27. The largest absolute Gasteiger partial charge is 0.467 e. The SMILES string of the molecule is COC(=O)[C@]1(C)C(=O)N(CC(=O)OC(C)(C)C)CCN1C(=O)[C@H](CC(=O)N1CCN(c2ccncc2)CC1)NC(=O)OC(C)(C)C. The quantitative estimate of drug-likeness (QED) is 0.243. The number of carbonyl (C=O) groups is 6. The van der Waals surface area contributed by atoms with E-state index in [4.69, 9.17) is 14.2 Å². The lowest BCUT2D eigenvalue weighted by atomic mass is 9.93. The van der Waals surface area contributed by atoms with E-state index in [9.17, 15) is 28.8 Å². The molecule has 0 aromatic carbocycles. The Bertz CT molecular complexity index is 1300. The molecule has 4 amide bonds. The van der Waals surface area contributed by atoms with Gasteiger partial charge in [0, 0.05) is 57.3 Å². The molecule has 15 nitrogen and oxygen atoms in total. The van der Waals surface area contributed by atoms with Gasteiger partial charge in [-0.25, -0.2) is 9.59 Å². The van der Waals surface area contributed by atoms with Crippen molar-refractivity contribution in [1.82, 2.24) is 25.0 Å². The molecule has 15 heteroatoms. The maximum atomic E-state index is 14.2. The lowest BCUT2D eigenvalue weighted by Gasteiger charge is -2.46. The number of alkyl carbamates (subject to hydrolysis) is 1. The van der Waals surface area contributed by atoms with Crippen molar-refractivity contribution in [2.75, 3.05) is 57.8 Å². The average Bonchev–Trinajstić information content (AvgIpc) is 2.97. The summed E-state index contributed by atoms with van der Waals surface area (Å²) < 4.78 is 15.6. The molecule has 0 aliphatic carbocycles. The molecule has 2 atom stereocenters. The van der Waals surface area contributed by atoms with E-state index in [1.54, 1.807) is 58.8 Å². The molecule has 1 aromatic rings. The van der Waals surface area contributed by atoms with Crippen LogP contribution in [0.15, 0.2) is 24.5 Å². The predicted octanol–water partition coefficient (Wildman–Crippen LogP) is 0.958. The molecule has 0 saturated carbocycles. The van der Waals surface area contributed by atoms with Crippen LogP contribution in [0.3, 0.4) is 0 Å². The van der Waals surface area contributed by atoms with E-state index in [1.165, 1.54) is 6.92 Å². The summed E-state index contributed by atoms with van der Waals surface area (Å²) in [7, 11) is 1.07. The number of piperazine rings is 2. The first-order valence-corrected chi connectivity index (χ1v) is 15.2. The number of amides is 4. The molecular weight excluding hydrogens is 600 g/mol. The third-order valence-corrected chi connectivity index (χ3v) is 7.45. The summed E-state index contributed by atoms with van der Waals surface area (Å²) in [5.41, 5.74) is -2.93. The molecule has 1 aromatic heterocycles. The number of carbonyl (C=O) groups excluding carboxylic acids is 6. The number of esters is 2. The number of nitrogens with zero attached hydrogens (tertiary/aromatic N) is 5. The second-order valence-electron chi connectivity index (χ2n) is 13.3. The van der Waals surface area contributed by atoms with Crippen LogP contribution in [0.25, 0.3) is 0 Å². The maximum absolute atomic E-state index is 14.2. The van der Waals surface area contributed by atoms with Gasteiger partial charge in [0.2, 0.25) is 17.4 Å². The van der Waals surface area contributed by atoms with Gasteiger partial charge < -0.3 is 39.1 Å². The number of rotatable bonds is 8. The highest BCUT2D eigenvalue weighted by Gasteiger charge is 2.56. The van der Waals surface area contributed by atoms with Crippen molar-refractivity contribution in [3.63, 3.8) is 0 Å². The minimum Gasteiger partial charge on any atom is -0.467 e. The molecule has 2 fully saturated rings. The van der Waals surface area contributed by atoms with Crippen molar-refractivity contribution in [2.45, 2.75) is 77.7 Å². The smallest absolute Gasteiger partial charge is 0.408 e. The molecule has 46 heavy (non-hydrogen) atoms. The first kappa shape index (κ1) is 36.0. The zero-order valence-electron chi connectivity index (χ0n) is 28.0. The number of methoxy groups -OCH3 is 1. The van der Waals surface area contributed by atoms with E-state index in [0.29, 0.717) is 26.2 Å². The molecule has 3 rings (SSSR count). The van der Waals surface area contributed by atoms with Crippen LogP contribution < -0.4 is 10.2 Å². The van der Waals surface area contributed by atoms with E-state index in [0.717, 1.165) is 22.6 Å². The van der Waals surface area contributed by atoms with Gasteiger partial charge in [0.05, 0.1) is 13.5 Å². The monoisotopic (exact) mass is 646 g/mol. The lowest BCUT2D eigenvalue weighted by Crippen LogP contribution is -2.72. The molecule has 2 aliphatic heterocycles. The third-order valence-electron chi connectivity index (χ3n) is 7.45. The number of hydrogen-bond acceptors (Lipinski definition) is 11. The Balaban J connectivity index is 1.83. The van der Waals surface area contributed by atoms with E-state index >= 15 is 0 Å². The summed E-state index contributed by atoms with van der Waals surface area (Å²) >= 11 is 0. The molecular formula is C31H46N6O9. The van der Waals surface area contributed by atoms with Crippen LogP contribution in [0, 0.1) is 0 Å². The van der Waals surface area contributed by atoms with Crippen LogP contribution in [0.4, 0.5) is 10.5 Å². The molecule has 254 valence electrons. The molecule has 2 saturated heterocycles. The fraction of sp³-hybridized carbons (Fsp3) is 0.645. The Hall–Kier alpha value is -4.43. The van der Waals surface area contributed by atoms with Crippen molar-refractivity contribution in [2.24, 2.45) is 0 Å². The molecule has 0 spiro atoms. The Kier molecular flexibility index (Phi) is 11.2. The molecule has 2 aliphatic rings. The fourth-order valence-electron chi connectivity index (χ4n) is 5.29.